The number of nitrogens with two attached hydrogens (primary N) is 1. The van der Waals surface area contributed by atoms with Crippen molar-refractivity contribution in [3.05, 3.63) is 60.3 Å². The molecule has 1 aliphatic heterocycles. The third kappa shape index (κ3) is 3.96. The van der Waals surface area contributed by atoms with Gasteiger partial charge in [0.1, 0.15) is 15.7 Å². The number of anilines is 1. The number of rotatable bonds is 4. The molecule has 1 unspecified atom stereocenters. The molecule has 0 aliphatic carbocycles. The molecule has 0 aromatic carbocycles. The summed E-state index contributed by atoms with van der Waals surface area (Å²) in [5.74, 6) is 0.425. The predicted molar refractivity (Wildman–Crippen MR) is 125 cm³/mol. The summed E-state index contributed by atoms with van der Waals surface area (Å²) in [5.41, 5.74) is 11.4. The topological polar surface area (TPSA) is 136 Å². The Labute approximate surface area is 191 Å². The van der Waals surface area contributed by atoms with Crippen LogP contribution < -0.4 is 5.73 Å². The van der Waals surface area contributed by atoms with E-state index in [1.165, 1.54) is 4.52 Å². The number of aromatic nitrogens is 5. The first kappa shape index (κ1) is 21.5. The molecule has 4 aromatic rings. The Morgan fingerprint density at radius 3 is 2.55 bits per heavy atom. The molecule has 0 saturated carbocycles. The molecule has 10 heteroatoms. The van der Waals surface area contributed by atoms with Gasteiger partial charge in [-0.3, -0.25) is 9.97 Å². The van der Waals surface area contributed by atoms with E-state index in [9.17, 15) is 13.5 Å². The van der Waals surface area contributed by atoms with Crippen molar-refractivity contribution < 1.29 is 13.5 Å². The van der Waals surface area contributed by atoms with Gasteiger partial charge in [-0.1, -0.05) is 6.07 Å². The van der Waals surface area contributed by atoms with Gasteiger partial charge in [-0.25, -0.2) is 13.4 Å². The van der Waals surface area contributed by atoms with Crippen LogP contribution in [0.3, 0.4) is 0 Å². The number of nitrogen functional groups attached to an aromatic ring is 1. The summed E-state index contributed by atoms with van der Waals surface area (Å²) in [7, 11) is -3.03. The van der Waals surface area contributed by atoms with Crippen molar-refractivity contribution in [2.24, 2.45) is 0 Å². The van der Waals surface area contributed by atoms with Crippen molar-refractivity contribution in [2.45, 2.75) is 31.8 Å². The van der Waals surface area contributed by atoms with Crippen LogP contribution >= 0.6 is 0 Å². The van der Waals surface area contributed by atoms with Gasteiger partial charge < -0.3 is 10.8 Å². The number of pyridine rings is 2. The van der Waals surface area contributed by atoms with Crippen molar-refractivity contribution in [2.75, 3.05) is 17.2 Å². The molecule has 0 amide bonds. The Morgan fingerprint density at radius 1 is 1.12 bits per heavy atom. The van der Waals surface area contributed by atoms with E-state index in [1.54, 1.807) is 31.7 Å². The number of fused-ring (bicyclic) bond motifs is 1. The summed E-state index contributed by atoms with van der Waals surface area (Å²) in [6.07, 6.45) is 6.96. The minimum atomic E-state index is -3.03. The van der Waals surface area contributed by atoms with E-state index in [1.807, 2.05) is 24.3 Å². The van der Waals surface area contributed by atoms with Gasteiger partial charge in [-0.05, 0) is 38.0 Å². The number of aliphatic hydroxyl groups is 1. The van der Waals surface area contributed by atoms with Gasteiger partial charge in [0, 0.05) is 46.8 Å². The van der Waals surface area contributed by atoms with Gasteiger partial charge in [-0.15, -0.1) is 0 Å². The highest BCUT2D eigenvalue weighted by molar-refractivity contribution is 7.91. The Morgan fingerprint density at radius 2 is 1.91 bits per heavy atom. The molecule has 4 aromatic heterocycles. The maximum Gasteiger partial charge on any atom is 0.165 e. The summed E-state index contributed by atoms with van der Waals surface area (Å²) in [6, 6.07) is 7.66. The first-order chi connectivity index (χ1) is 15.8. The lowest BCUT2D eigenvalue weighted by Gasteiger charge is -2.25. The van der Waals surface area contributed by atoms with Crippen molar-refractivity contribution in [1.29, 1.82) is 0 Å². The van der Waals surface area contributed by atoms with Crippen LogP contribution in [0, 0.1) is 0 Å². The average Bonchev–Trinajstić information content (AvgIpc) is 3.24. The zero-order valence-corrected chi connectivity index (χ0v) is 18.9. The van der Waals surface area contributed by atoms with Gasteiger partial charge in [0.15, 0.2) is 5.65 Å². The monoisotopic (exact) mass is 464 g/mol. The zero-order chi connectivity index (χ0) is 23.2. The number of hydrogen-bond donors (Lipinski definition) is 2. The molecule has 5 rings (SSSR count). The molecule has 1 atom stereocenters. The molecule has 1 saturated heterocycles. The molecule has 9 nitrogen and oxygen atoms in total. The van der Waals surface area contributed by atoms with Crippen molar-refractivity contribution >= 4 is 21.3 Å². The summed E-state index contributed by atoms with van der Waals surface area (Å²) < 4.78 is 25.4. The number of aliphatic hydroxyl groups excluding tert-OH is 1. The lowest BCUT2D eigenvalue weighted by atomic mass is 9.92. The van der Waals surface area contributed by atoms with Gasteiger partial charge in [0.2, 0.25) is 0 Å². The number of sulfone groups is 1. The van der Waals surface area contributed by atoms with Gasteiger partial charge in [0.25, 0.3) is 0 Å². The molecule has 0 spiro atoms. The second kappa shape index (κ2) is 8.20. The van der Waals surface area contributed by atoms with Crippen LogP contribution in [0.15, 0.2) is 49.1 Å². The number of hydrogen-bond acceptors (Lipinski definition) is 8. The summed E-state index contributed by atoms with van der Waals surface area (Å²) in [5, 5.41) is 14.9. The maximum absolute atomic E-state index is 11.9. The van der Waals surface area contributed by atoms with Crippen LogP contribution in [0.25, 0.3) is 28.0 Å². The summed E-state index contributed by atoms with van der Waals surface area (Å²) >= 11 is 0. The Kier molecular flexibility index (Phi) is 5.34. The van der Waals surface area contributed by atoms with Crippen LogP contribution in [0.2, 0.25) is 0 Å². The Bertz CT molecular complexity index is 1400. The quantitative estimate of drug-likeness (QED) is 0.470. The predicted octanol–water partition coefficient (Wildman–Crippen LogP) is 2.78. The Balaban J connectivity index is 1.59. The van der Waals surface area contributed by atoms with Crippen LogP contribution in [0.4, 0.5) is 5.82 Å². The van der Waals surface area contributed by atoms with E-state index in [0.29, 0.717) is 35.6 Å². The minimum Gasteiger partial charge on any atom is -0.388 e. The summed E-state index contributed by atoms with van der Waals surface area (Å²) in [4.78, 5) is 13.6. The molecule has 1 fully saturated rings. The highest BCUT2D eigenvalue weighted by Crippen LogP contribution is 2.37. The fraction of sp³-hybridized carbons (Fsp3) is 0.304. The highest BCUT2D eigenvalue weighted by Gasteiger charge is 2.30. The third-order valence-electron chi connectivity index (χ3n) is 6.14. The third-order valence-corrected chi connectivity index (χ3v) is 7.86. The van der Waals surface area contributed by atoms with Crippen molar-refractivity contribution in [3.63, 3.8) is 0 Å². The van der Waals surface area contributed by atoms with Crippen molar-refractivity contribution in [3.8, 4) is 22.4 Å². The first-order valence-corrected chi connectivity index (χ1v) is 12.6. The fourth-order valence-corrected chi connectivity index (χ4v) is 5.88. The minimum absolute atomic E-state index is 0.0979. The van der Waals surface area contributed by atoms with Gasteiger partial charge >= 0.3 is 0 Å². The summed E-state index contributed by atoms with van der Waals surface area (Å²) in [6.45, 7) is 1.63. The maximum atomic E-state index is 11.9. The zero-order valence-electron chi connectivity index (χ0n) is 18.1. The largest absolute Gasteiger partial charge is 0.388 e. The van der Waals surface area contributed by atoms with Crippen molar-refractivity contribution in [1.82, 2.24) is 24.6 Å². The second-order valence-corrected chi connectivity index (χ2v) is 10.7. The van der Waals surface area contributed by atoms with Gasteiger partial charge in [-0.2, -0.15) is 9.61 Å². The second-order valence-electron chi connectivity index (χ2n) is 8.37. The van der Waals surface area contributed by atoms with E-state index in [4.69, 9.17) is 10.7 Å². The average molecular weight is 465 g/mol. The molecule has 33 heavy (non-hydrogen) atoms. The highest BCUT2D eigenvalue weighted by atomic mass is 32.2. The molecule has 1 aliphatic rings. The molecule has 5 heterocycles. The molecule has 170 valence electrons. The molecular formula is C23H24N6O3S. The van der Waals surface area contributed by atoms with Crippen LogP contribution in [-0.2, 0) is 9.84 Å². The van der Waals surface area contributed by atoms with E-state index < -0.39 is 15.9 Å². The molecule has 3 N–H and O–H groups in total. The first-order valence-electron chi connectivity index (χ1n) is 10.8. The molecule has 0 radical (unpaired) electrons. The molecular weight excluding hydrogens is 440 g/mol. The lowest BCUT2D eigenvalue weighted by Crippen LogP contribution is -2.24. The standard InChI is InChI=1S/C23H24N6O3S/c1-14(30)20-21(15-6-9-33(31,32)10-7-15)28-23-18(13-27-29(23)22(20)24)16-4-5-19(26-12-16)17-3-2-8-25-11-17/h2-5,8,11-15,30H,6-7,9-10,24H2,1H3. The van der Waals surface area contributed by atoms with Crippen LogP contribution in [-0.4, -0.2) is 49.6 Å². The van der Waals surface area contributed by atoms with Gasteiger partial charge in [0.05, 0.1) is 35.2 Å². The fourth-order valence-electron chi connectivity index (χ4n) is 4.39. The van der Waals surface area contributed by atoms with Crippen LogP contribution in [0.1, 0.15) is 43.0 Å². The Hall–Kier alpha value is -3.37. The van der Waals surface area contributed by atoms with Crippen LogP contribution in [0.5, 0.6) is 0 Å². The van der Waals surface area contributed by atoms with E-state index >= 15 is 0 Å². The lowest BCUT2D eigenvalue weighted by molar-refractivity contribution is 0.197. The van der Waals surface area contributed by atoms with E-state index in [-0.39, 0.29) is 17.4 Å². The van der Waals surface area contributed by atoms with E-state index in [0.717, 1.165) is 22.4 Å². The van der Waals surface area contributed by atoms with E-state index in [2.05, 4.69) is 15.1 Å². The smallest absolute Gasteiger partial charge is 0.165 e. The SMILES string of the molecule is CC(O)c1c(C2CCS(=O)(=O)CC2)nc2c(-c3ccc(-c4cccnc4)nc3)cnn2c1N. The molecule has 0 bridgehead atoms. The normalized spacial score (nSPS) is 17.3. The number of nitrogens with zero attached hydrogens (tertiary/aromatic N) is 5.